The number of hydrogen-bond acceptors (Lipinski definition) is 3. The van der Waals surface area contributed by atoms with E-state index in [1.165, 1.54) is 0 Å². The van der Waals surface area contributed by atoms with Crippen LogP contribution in [0.1, 0.15) is 31.7 Å². The van der Waals surface area contributed by atoms with Crippen LogP contribution in [0.2, 0.25) is 0 Å². The van der Waals surface area contributed by atoms with E-state index in [0.717, 1.165) is 22.9 Å². The highest BCUT2D eigenvalue weighted by Crippen LogP contribution is 2.36. The van der Waals surface area contributed by atoms with Crippen LogP contribution in [-0.2, 0) is 10.3 Å². The summed E-state index contributed by atoms with van der Waals surface area (Å²) >= 11 is 0. The van der Waals surface area contributed by atoms with Crippen LogP contribution in [0.5, 0.6) is 0 Å². The van der Waals surface area contributed by atoms with Crippen molar-refractivity contribution in [3.63, 3.8) is 0 Å². The summed E-state index contributed by atoms with van der Waals surface area (Å²) in [5.74, 6) is 0. The highest BCUT2D eigenvalue weighted by Gasteiger charge is 2.36. The van der Waals surface area contributed by atoms with Gasteiger partial charge in [0.25, 0.3) is 0 Å². The minimum atomic E-state index is -0.796. The number of ether oxygens (including phenoxy) is 1. The molecule has 2 atom stereocenters. The molecular formula is C16H19NO2. The zero-order chi connectivity index (χ0) is 13.3. The molecule has 2 unspecified atom stereocenters. The topological polar surface area (TPSA) is 42.4 Å². The third-order valence-corrected chi connectivity index (χ3v) is 4.02. The van der Waals surface area contributed by atoms with Crippen molar-refractivity contribution in [3.8, 4) is 0 Å². The zero-order valence-corrected chi connectivity index (χ0v) is 11.2. The number of aromatic nitrogens is 1. The lowest BCUT2D eigenvalue weighted by Crippen LogP contribution is -2.38. The Kier molecular flexibility index (Phi) is 3.25. The molecule has 0 spiro atoms. The SMILES string of the molecule is CCC1CC(O)(c2cnc3ccccc3c2)CCO1. The van der Waals surface area contributed by atoms with E-state index in [2.05, 4.69) is 18.0 Å². The number of nitrogens with zero attached hydrogens (tertiary/aromatic N) is 1. The Bertz CT molecular complexity index is 584. The molecule has 1 aromatic heterocycles. The molecule has 2 heterocycles. The van der Waals surface area contributed by atoms with Gasteiger partial charge in [0.05, 0.1) is 23.8 Å². The number of pyridine rings is 1. The zero-order valence-electron chi connectivity index (χ0n) is 11.2. The first-order valence-electron chi connectivity index (χ1n) is 6.90. The summed E-state index contributed by atoms with van der Waals surface area (Å²) in [6.45, 7) is 2.71. The van der Waals surface area contributed by atoms with Gasteiger partial charge in [-0.1, -0.05) is 25.1 Å². The molecule has 0 aliphatic carbocycles. The first kappa shape index (κ1) is 12.6. The summed E-state index contributed by atoms with van der Waals surface area (Å²) in [7, 11) is 0. The summed E-state index contributed by atoms with van der Waals surface area (Å²) < 4.78 is 5.65. The second kappa shape index (κ2) is 4.91. The molecule has 100 valence electrons. The van der Waals surface area contributed by atoms with Gasteiger partial charge in [-0.15, -0.1) is 0 Å². The van der Waals surface area contributed by atoms with Gasteiger partial charge in [-0.3, -0.25) is 4.98 Å². The van der Waals surface area contributed by atoms with Crippen molar-refractivity contribution in [2.24, 2.45) is 0 Å². The molecule has 0 saturated carbocycles. The van der Waals surface area contributed by atoms with Crippen molar-refractivity contribution in [1.82, 2.24) is 4.98 Å². The van der Waals surface area contributed by atoms with Gasteiger partial charge in [0.2, 0.25) is 0 Å². The van der Waals surface area contributed by atoms with Crippen molar-refractivity contribution < 1.29 is 9.84 Å². The number of aliphatic hydroxyl groups is 1. The third-order valence-electron chi connectivity index (χ3n) is 4.02. The smallest absolute Gasteiger partial charge is 0.0958 e. The molecule has 1 N–H and O–H groups in total. The first-order chi connectivity index (χ1) is 9.21. The fourth-order valence-corrected chi connectivity index (χ4v) is 2.78. The van der Waals surface area contributed by atoms with Gasteiger partial charge in [-0.2, -0.15) is 0 Å². The fourth-order valence-electron chi connectivity index (χ4n) is 2.78. The Balaban J connectivity index is 1.98. The van der Waals surface area contributed by atoms with E-state index < -0.39 is 5.60 Å². The largest absolute Gasteiger partial charge is 0.385 e. The van der Waals surface area contributed by atoms with Crippen molar-refractivity contribution in [3.05, 3.63) is 42.1 Å². The van der Waals surface area contributed by atoms with Gasteiger partial charge in [0.15, 0.2) is 0 Å². The maximum absolute atomic E-state index is 10.9. The van der Waals surface area contributed by atoms with E-state index in [1.807, 2.05) is 24.3 Å². The molecular weight excluding hydrogens is 238 g/mol. The summed E-state index contributed by atoms with van der Waals surface area (Å²) in [6, 6.07) is 10.1. The normalized spacial score (nSPS) is 27.6. The number of hydrogen-bond donors (Lipinski definition) is 1. The summed E-state index contributed by atoms with van der Waals surface area (Å²) in [5, 5.41) is 12.0. The second-order valence-electron chi connectivity index (χ2n) is 5.30. The summed E-state index contributed by atoms with van der Waals surface area (Å²) in [5.41, 5.74) is 1.08. The maximum Gasteiger partial charge on any atom is 0.0958 e. The minimum Gasteiger partial charge on any atom is -0.385 e. The van der Waals surface area contributed by atoms with Crippen LogP contribution in [0.15, 0.2) is 36.5 Å². The monoisotopic (exact) mass is 257 g/mol. The van der Waals surface area contributed by atoms with Crippen molar-refractivity contribution in [2.45, 2.75) is 37.9 Å². The van der Waals surface area contributed by atoms with Crippen molar-refractivity contribution in [2.75, 3.05) is 6.61 Å². The van der Waals surface area contributed by atoms with Crippen LogP contribution in [0.3, 0.4) is 0 Å². The van der Waals surface area contributed by atoms with E-state index >= 15 is 0 Å². The molecule has 0 amide bonds. The van der Waals surface area contributed by atoms with Gasteiger partial charge < -0.3 is 9.84 Å². The number of rotatable bonds is 2. The Morgan fingerprint density at radius 3 is 3.11 bits per heavy atom. The Morgan fingerprint density at radius 2 is 2.26 bits per heavy atom. The third kappa shape index (κ3) is 2.36. The predicted molar refractivity (Wildman–Crippen MR) is 74.9 cm³/mol. The molecule has 0 radical (unpaired) electrons. The van der Waals surface area contributed by atoms with Crippen LogP contribution in [0.4, 0.5) is 0 Å². The van der Waals surface area contributed by atoms with E-state index in [9.17, 15) is 5.11 Å². The summed E-state index contributed by atoms with van der Waals surface area (Å²) in [6.07, 6.45) is 4.18. The molecule has 3 heteroatoms. The molecule has 1 saturated heterocycles. The molecule has 1 aliphatic heterocycles. The van der Waals surface area contributed by atoms with Crippen molar-refractivity contribution in [1.29, 1.82) is 0 Å². The molecule has 1 fully saturated rings. The van der Waals surface area contributed by atoms with Gasteiger partial charge >= 0.3 is 0 Å². The van der Waals surface area contributed by atoms with E-state index in [1.54, 1.807) is 6.20 Å². The van der Waals surface area contributed by atoms with Crippen LogP contribution in [0, 0.1) is 0 Å². The predicted octanol–water partition coefficient (Wildman–Crippen LogP) is 3.01. The Hall–Kier alpha value is -1.45. The Morgan fingerprint density at radius 1 is 1.42 bits per heavy atom. The summed E-state index contributed by atoms with van der Waals surface area (Å²) in [4.78, 5) is 4.45. The molecule has 1 aromatic carbocycles. The molecule has 1 aliphatic rings. The first-order valence-corrected chi connectivity index (χ1v) is 6.90. The minimum absolute atomic E-state index is 0.144. The number of benzene rings is 1. The van der Waals surface area contributed by atoms with Crippen LogP contribution in [0.25, 0.3) is 10.9 Å². The molecule has 3 nitrogen and oxygen atoms in total. The molecule has 3 rings (SSSR count). The molecule has 19 heavy (non-hydrogen) atoms. The maximum atomic E-state index is 10.9. The van der Waals surface area contributed by atoms with E-state index in [-0.39, 0.29) is 6.10 Å². The second-order valence-corrected chi connectivity index (χ2v) is 5.30. The highest BCUT2D eigenvalue weighted by molar-refractivity contribution is 5.78. The van der Waals surface area contributed by atoms with Crippen LogP contribution < -0.4 is 0 Å². The standard InChI is InChI=1S/C16H19NO2/c1-2-14-10-16(18,7-8-19-14)13-9-12-5-3-4-6-15(12)17-11-13/h3-6,9,11,14,18H,2,7-8,10H2,1H3. The van der Waals surface area contributed by atoms with E-state index in [4.69, 9.17) is 4.74 Å². The highest BCUT2D eigenvalue weighted by atomic mass is 16.5. The Labute approximate surface area is 113 Å². The molecule has 2 aromatic rings. The van der Waals surface area contributed by atoms with Gasteiger partial charge in [-0.25, -0.2) is 0 Å². The van der Waals surface area contributed by atoms with Crippen molar-refractivity contribution >= 4 is 10.9 Å². The number of para-hydroxylation sites is 1. The number of fused-ring (bicyclic) bond motifs is 1. The quantitative estimate of drug-likeness (QED) is 0.899. The average molecular weight is 257 g/mol. The van der Waals surface area contributed by atoms with Crippen LogP contribution in [-0.4, -0.2) is 22.8 Å². The van der Waals surface area contributed by atoms with Gasteiger partial charge in [0.1, 0.15) is 0 Å². The average Bonchev–Trinajstić information content (AvgIpc) is 2.46. The van der Waals surface area contributed by atoms with E-state index in [0.29, 0.717) is 19.4 Å². The fraction of sp³-hybridized carbons (Fsp3) is 0.438. The van der Waals surface area contributed by atoms with Gasteiger partial charge in [0, 0.05) is 30.0 Å². The van der Waals surface area contributed by atoms with Gasteiger partial charge in [-0.05, 0) is 18.6 Å². The molecule has 0 bridgehead atoms. The lowest BCUT2D eigenvalue weighted by Gasteiger charge is -2.36. The lowest BCUT2D eigenvalue weighted by atomic mass is 9.83. The lowest BCUT2D eigenvalue weighted by molar-refractivity contribution is -0.108. The van der Waals surface area contributed by atoms with Crippen LogP contribution >= 0.6 is 0 Å².